The molecule has 0 bridgehead atoms. The van der Waals surface area contributed by atoms with E-state index in [1.165, 1.54) is 0 Å². The Labute approximate surface area is 137 Å². The van der Waals surface area contributed by atoms with Crippen LogP contribution in [0.1, 0.15) is 18.5 Å². The first-order chi connectivity index (χ1) is 10.1. The Balaban J connectivity index is 2.25. The van der Waals surface area contributed by atoms with Gasteiger partial charge >= 0.3 is 5.97 Å². The van der Waals surface area contributed by atoms with Gasteiger partial charge in [-0.25, -0.2) is 4.79 Å². The molecular weight excluding hydrogens is 354 g/mol. The number of anilines is 1. The number of hydrogen-bond acceptors (Lipinski definition) is 3. The molecule has 0 saturated carbocycles. The van der Waals surface area contributed by atoms with Crippen LogP contribution in [-0.4, -0.2) is 12.6 Å². The summed E-state index contributed by atoms with van der Waals surface area (Å²) in [7, 11) is 0. The van der Waals surface area contributed by atoms with Crippen molar-refractivity contribution in [2.24, 2.45) is 0 Å². The molecule has 2 aromatic carbocycles. The number of carbonyl (C=O) groups excluding carboxylic acids is 1. The van der Waals surface area contributed by atoms with Crippen LogP contribution >= 0.6 is 27.5 Å². The number of esters is 1. The van der Waals surface area contributed by atoms with E-state index in [0.717, 1.165) is 15.7 Å². The minimum Gasteiger partial charge on any atom is -0.464 e. The molecule has 0 aromatic heterocycles. The number of hydrogen-bond donors (Lipinski definition) is 1. The van der Waals surface area contributed by atoms with E-state index in [4.69, 9.17) is 16.3 Å². The summed E-state index contributed by atoms with van der Waals surface area (Å²) in [5, 5.41) is 3.83. The number of benzene rings is 2. The molecular formula is C16H15BrClNO2. The Morgan fingerprint density at radius 1 is 1.19 bits per heavy atom. The van der Waals surface area contributed by atoms with Crippen molar-refractivity contribution in [3.63, 3.8) is 0 Å². The van der Waals surface area contributed by atoms with Crippen LogP contribution in [0.5, 0.6) is 0 Å². The van der Waals surface area contributed by atoms with Gasteiger partial charge in [0.15, 0.2) is 6.04 Å². The van der Waals surface area contributed by atoms with Crippen LogP contribution in [0.2, 0.25) is 5.02 Å². The summed E-state index contributed by atoms with van der Waals surface area (Å²) in [6, 6.07) is 14.2. The Morgan fingerprint density at radius 3 is 2.38 bits per heavy atom. The smallest absolute Gasteiger partial charge is 0.333 e. The third kappa shape index (κ3) is 4.48. The van der Waals surface area contributed by atoms with Crippen LogP contribution in [0, 0.1) is 0 Å². The largest absolute Gasteiger partial charge is 0.464 e. The summed E-state index contributed by atoms with van der Waals surface area (Å²) in [4.78, 5) is 12.2. The molecule has 2 aromatic rings. The quantitative estimate of drug-likeness (QED) is 0.769. The van der Waals surface area contributed by atoms with Gasteiger partial charge in [0.1, 0.15) is 0 Å². The Kier molecular flexibility index (Phi) is 5.65. The summed E-state index contributed by atoms with van der Waals surface area (Å²) in [6.07, 6.45) is 0. The van der Waals surface area contributed by atoms with E-state index in [9.17, 15) is 4.79 Å². The van der Waals surface area contributed by atoms with Crippen molar-refractivity contribution >= 4 is 39.2 Å². The Bertz CT molecular complexity index is 599. The van der Waals surface area contributed by atoms with Gasteiger partial charge in [0.2, 0.25) is 0 Å². The highest BCUT2D eigenvalue weighted by atomic mass is 79.9. The van der Waals surface area contributed by atoms with E-state index in [2.05, 4.69) is 21.2 Å². The molecule has 0 spiro atoms. The molecule has 1 unspecified atom stereocenters. The zero-order chi connectivity index (χ0) is 15.2. The van der Waals surface area contributed by atoms with Gasteiger partial charge < -0.3 is 10.1 Å². The second-order valence-corrected chi connectivity index (χ2v) is 5.74. The normalized spacial score (nSPS) is 11.8. The summed E-state index contributed by atoms with van der Waals surface area (Å²) in [5.41, 5.74) is 1.65. The van der Waals surface area contributed by atoms with E-state index in [1.807, 2.05) is 36.4 Å². The number of carbonyl (C=O) groups is 1. The zero-order valence-corrected chi connectivity index (χ0v) is 13.8. The molecule has 0 aliphatic carbocycles. The first-order valence-corrected chi connectivity index (χ1v) is 7.71. The standard InChI is InChI=1S/C16H15BrClNO2/c1-2-21-16(20)15(11-3-5-12(17)6-4-11)19-14-9-7-13(18)8-10-14/h3-10,15,19H,2H2,1H3. The molecule has 0 fully saturated rings. The van der Waals surface area contributed by atoms with Gasteiger partial charge in [-0.1, -0.05) is 39.7 Å². The lowest BCUT2D eigenvalue weighted by Gasteiger charge is -2.19. The molecule has 0 aliphatic rings. The summed E-state index contributed by atoms with van der Waals surface area (Å²) in [6.45, 7) is 2.13. The van der Waals surface area contributed by atoms with E-state index >= 15 is 0 Å². The third-order valence-electron chi connectivity index (χ3n) is 2.88. The second-order valence-electron chi connectivity index (χ2n) is 4.39. The first kappa shape index (κ1) is 15.9. The lowest BCUT2D eigenvalue weighted by atomic mass is 10.1. The average molecular weight is 369 g/mol. The number of ether oxygens (including phenoxy) is 1. The minimum absolute atomic E-state index is 0.310. The number of halogens is 2. The van der Waals surface area contributed by atoms with Gasteiger partial charge in [0, 0.05) is 15.2 Å². The molecule has 21 heavy (non-hydrogen) atoms. The van der Waals surface area contributed by atoms with Gasteiger partial charge in [0.25, 0.3) is 0 Å². The number of rotatable bonds is 5. The highest BCUT2D eigenvalue weighted by Gasteiger charge is 2.21. The molecule has 5 heteroatoms. The summed E-state index contributed by atoms with van der Waals surface area (Å²) in [5.74, 6) is -0.310. The van der Waals surface area contributed by atoms with Crippen LogP contribution in [0.15, 0.2) is 53.0 Å². The van der Waals surface area contributed by atoms with Crippen LogP contribution < -0.4 is 5.32 Å². The van der Waals surface area contributed by atoms with Crippen molar-refractivity contribution in [3.8, 4) is 0 Å². The number of nitrogens with one attached hydrogen (secondary N) is 1. The lowest BCUT2D eigenvalue weighted by Crippen LogP contribution is -2.23. The van der Waals surface area contributed by atoms with E-state index in [0.29, 0.717) is 11.6 Å². The van der Waals surface area contributed by atoms with Gasteiger partial charge in [-0.05, 0) is 48.9 Å². The maximum absolute atomic E-state index is 12.2. The van der Waals surface area contributed by atoms with Gasteiger partial charge in [0.05, 0.1) is 6.61 Å². The fraction of sp³-hybridized carbons (Fsp3) is 0.188. The van der Waals surface area contributed by atoms with Gasteiger partial charge in [-0.3, -0.25) is 0 Å². The predicted molar refractivity (Wildman–Crippen MR) is 88.6 cm³/mol. The van der Waals surface area contributed by atoms with Crippen molar-refractivity contribution < 1.29 is 9.53 Å². The van der Waals surface area contributed by atoms with E-state index in [1.54, 1.807) is 19.1 Å². The first-order valence-electron chi connectivity index (χ1n) is 6.54. The third-order valence-corrected chi connectivity index (χ3v) is 3.66. The Hall–Kier alpha value is -1.52. The zero-order valence-electron chi connectivity index (χ0n) is 11.5. The molecule has 0 radical (unpaired) electrons. The molecule has 1 N–H and O–H groups in total. The van der Waals surface area contributed by atoms with Crippen molar-refractivity contribution in [3.05, 3.63) is 63.6 Å². The van der Waals surface area contributed by atoms with Crippen molar-refractivity contribution in [2.75, 3.05) is 11.9 Å². The fourth-order valence-electron chi connectivity index (χ4n) is 1.87. The summed E-state index contributed by atoms with van der Waals surface area (Å²) >= 11 is 9.26. The highest BCUT2D eigenvalue weighted by molar-refractivity contribution is 9.10. The SMILES string of the molecule is CCOC(=O)C(Nc1ccc(Cl)cc1)c1ccc(Br)cc1. The highest BCUT2D eigenvalue weighted by Crippen LogP contribution is 2.24. The van der Waals surface area contributed by atoms with Crippen LogP contribution in [-0.2, 0) is 9.53 Å². The monoisotopic (exact) mass is 367 g/mol. The molecule has 0 heterocycles. The average Bonchev–Trinajstić information content (AvgIpc) is 2.48. The molecule has 0 saturated heterocycles. The summed E-state index contributed by atoms with van der Waals surface area (Å²) < 4.78 is 6.10. The second kappa shape index (κ2) is 7.48. The molecule has 0 aliphatic heterocycles. The van der Waals surface area contributed by atoms with Gasteiger partial charge in [-0.2, -0.15) is 0 Å². The van der Waals surface area contributed by atoms with Crippen molar-refractivity contribution in [1.29, 1.82) is 0 Å². The van der Waals surface area contributed by atoms with Crippen LogP contribution in [0.3, 0.4) is 0 Å². The van der Waals surface area contributed by atoms with E-state index < -0.39 is 6.04 Å². The fourth-order valence-corrected chi connectivity index (χ4v) is 2.26. The molecule has 0 amide bonds. The van der Waals surface area contributed by atoms with Crippen LogP contribution in [0.25, 0.3) is 0 Å². The maximum Gasteiger partial charge on any atom is 0.333 e. The van der Waals surface area contributed by atoms with Crippen molar-refractivity contribution in [1.82, 2.24) is 0 Å². The molecule has 2 rings (SSSR count). The molecule has 110 valence electrons. The van der Waals surface area contributed by atoms with Gasteiger partial charge in [-0.15, -0.1) is 0 Å². The molecule has 1 atom stereocenters. The Morgan fingerprint density at radius 2 is 1.81 bits per heavy atom. The minimum atomic E-state index is -0.556. The topological polar surface area (TPSA) is 38.3 Å². The van der Waals surface area contributed by atoms with Crippen LogP contribution in [0.4, 0.5) is 5.69 Å². The predicted octanol–water partition coefficient (Wildman–Crippen LogP) is 4.82. The maximum atomic E-state index is 12.2. The van der Waals surface area contributed by atoms with Crippen molar-refractivity contribution in [2.45, 2.75) is 13.0 Å². The molecule has 3 nitrogen and oxygen atoms in total. The lowest BCUT2D eigenvalue weighted by molar-refractivity contribution is -0.144. The van der Waals surface area contributed by atoms with E-state index in [-0.39, 0.29) is 5.97 Å².